The number of benzene rings is 2. The van der Waals surface area contributed by atoms with Crippen LogP contribution in [0.2, 0.25) is 5.02 Å². The van der Waals surface area contributed by atoms with Gasteiger partial charge in [-0.3, -0.25) is 9.59 Å². The largest absolute Gasteiger partial charge is 0.379 e. The van der Waals surface area contributed by atoms with Gasteiger partial charge in [-0.15, -0.1) is 0 Å². The van der Waals surface area contributed by atoms with Crippen LogP contribution in [0.1, 0.15) is 17.3 Å². The zero-order valence-corrected chi connectivity index (χ0v) is 17.2. The van der Waals surface area contributed by atoms with Crippen LogP contribution in [0.3, 0.4) is 0 Å². The minimum atomic E-state index is -3.73. The summed E-state index contributed by atoms with van der Waals surface area (Å²) < 4.78 is 32.2. The Morgan fingerprint density at radius 3 is 2.45 bits per heavy atom. The molecule has 1 aliphatic rings. The van der Waals surface area contributed by atoms with Gasteiger partial charge in [-0.2, -0.15) is 4.31 Å². The maximum absolute atomic E-state index is 12.8. The van der Waals surface area contributed by atoms with Crippen LogP contribution in [0.4, 0.5) is 11.4 Å². The summed E-state index contributed by atoms with van der Waals surface area (Å²) in [5.41, 5.74) is 0.847. The molecular weight excluding hydrogens is 418 g/mol. The highest BCUT2D eigenvalue weighted by Gasteiger charge is 2.27. The van der Waals surface area contributed by atoms with Crippen molar-refractivity contribution >= 4 is 44.8 Å². The van der Waals surface area contributed by atoms with E-state index in [-0.39, 0.29) is 29.5 Å². The van der Waals surface area contributed by atoms with Gasteiger partial charge in [0.2, 0.25) is 15.9 Å². The molecule has 2 aromatic carbocycles. The van der Waals surface area contributed by atoms with Crippen LogP contribution in [0.15, 0.2) is 47.4 Å². The fourth-order valence-electron chi connectivity index (χ4n) is 2.85. The van der Waals surface area contributed by atoms with Crippen molar-refractivity contribution in [2.45, 2.75) is 11.8 Å². The normalized spacial score (nSPS) is 15.0. The average molecular weight is 438 g/mol. The molecule has 2 N–H and O–H groups in total. The quantitative estimate of drug-likeness (QED) is 0.748. The molecule has 1 saturated heterocycles. The van der Waals surface area contributed by atoms with Crippen LogP contribution in [-0.2, 0) is 19.6 Å². The molecule has 0 atom stereocenters. The Balaban J connectivity index is 1.85. The zero-order chi connectivity index (χ0) is 21.0. The highest BCUT2D eigenvalue weighted by molar-refractivity contribution is 7.89. The van der Waals surface area contributed by atoms with Gasteiger partial charge in [0.25, 0.3) is 5.91 Å². The third kappa shape index (κ3) is 5.13. The molecule has 2 aromatic rings. The molecule has 1 fully saturated rings. The zero-order valence-electron chi connectivity index (χ0n) is 15.6. The second kappa shape index (κ2) is 8.91. The number of nitrogens with zero attached hydrogens (tertiary/aromatic N) is 1. The molecule has 1 aliphatic heterocycles. The van der Waals surface area contributed by atoms with E-state index in [1.54, 1.807) is 12.1 Å². The molecule has 3 rings (SSSR count). The van der Waals surface area contributed by atoms with E-state index in [9.17, 15) is 18.0 Å². The molecule has 2 amide bonds. The van der Waals surface area contributed by atoms with Gasteiger partial charge < -0.3 is 15.4 Å². The van der Waals surface area contributed by atoms with Gasteiger partial charge in [0, 0.05) is 30.6 Å². The van der Waals surface area contributed by atoms with Crippen molar-refractivity contribution in [1.82, 2.24) is 4.31 Å². The predicted molar refractivity (Wildman–Crippen MR) is 110 cm³/mol. The van der Waals surface area contributed by atoms with Gasteiger partial charge in [-0.05, 0) is 36.4 Å². The number of carbonyl (C=O) groups excluding carboxylic acids is 2. The first-order chi connectivity index (χ1) is 13.8. The van der Waals surface area contributed by atoms with Crippen LogP contribution in [0.25, 0.3) is 0 Å². The van der Waals surface area contributed by atoms with E-state index >= 15 is 0 Å². The number of carbonyl (C=O) groups is 2. The Morgan fingerprint density at radius 1 is 1.03 bits per heavy atom. The molecule has 29 heavy (non-hydrogen) atoms. The summed E-state index contributed by atoms with van der Waals surface area (Å²) in [7, 11) is -3.73. The second-order valence-electron chi connectivity index (χ2n) is 6.37. The Morgan fingerprint density at radius 2 is 1.76 bits per heavy atom. The lowest BCUT2D eigenvalue weighted by molar-refractivity contribution is -0.114. The fourth-order valence-corrected chi connectivity index (χ4v) is 4.47. The van der Waals surface area contributed by atoms with Crippen molar-refractivity contribution < 1.29 is 22.7 Å². The topological polar surface area (TPSA) is 105 Å². The summed E-state index contributed by atoms with van der Waals surface area (Å²) in [6.45, 7) is 2.54. The summed E-state index contributed by atoms with van der Waals surface area (Å²) in [6, 6.07) is 10.4. The van der Waals surface area contributed by atoms with Crippen molar-refractivity contribution in [2.24, 2.45) is 0 Å². The first-order valence-corrected chi connectivity index (χ1v) is 10.7. The number of halogens is 1. The minimum absolute atomic E-state index is 0.0280. The predicted octanol–water partition coefficient (Wildman–Crippen LogP) is 2.57. The summed E-state index contributed by atoms with van der Waals surface area (Å²) in [5, 5.41) is 5.65. The van der Waals surface area contributed by atoms with Crippen molar-refractivity contribution in [1.29, 1.82) is 0 Å². The number of nitrogens with one attached hydrogen (secondary N) is 2. The molecule has 8 nitrogen and oxygen atoms in total. The molecule has 0 aromatic heterocycles. The molecule has 0 aliphatic carbocycles. The van der Waals surface area contributed by atoms with Crippen LogP contribution >= 0.6 is 11.6 Å². The highest BCUT2D eigenvalue weighted by atomic mass is 35.5. The van der Waals surface area contributed by atoms with E-state index in [4.69, 9.17) is 16.3 Å². The highest BCUT2D eigenvalue weighted by Crippen LogP contribution is 2.27. The Kier molecular flexibility index (Phi) is 6.53. The summed E-state index contributed by atoms with van der Waals surface area (Å²) in [6.07, 6.45) is 0. The summed E-state index contributed by atoms with van der Waals surface area (Å²) >= 11 is 5.99. The Bertz CT molecular complexity index is 1040. The van der Waals surface area contributed by atoms with Gasteiger partial charge >= 0.3 is 0 Å². The Hall–Kier alpha value is -2.46. The van der Waals surface area contributed by atoms with Crippen molar-refractivity contribution in [3.8, 4) is 0 Å². The molecule has 0 bridgehead atoms. The molecule has 0 spiro atoms. The van der Waals surface area contributed by atoms with Crippen LogP contribution in [0.5, 0.6) is 0 Å². The molecule has 0 unspecified atom stereocenters. The first-order valence-electron chi connectivity index (χ1n) is 8.84. The molecule has 1 heterocycles. The number of hydrogen-bond donors (Lipinski definition) is 2. The molecule has 10 heteroatoms. The van der Waals surface area contributed by atoms with E-state index in [1.807, 2.05) is 0 Å². The number of anilines is 2. The minimum Gasteiger partial charge on any atom is -0.379 e. The molecular formula is C19H20ClN3O5S. The van der Waals surface area contributed by atoms with E-state index in [1.165, 1.54) is 41.6 Å². The molecule has 0 radical (unpaired) electrons. The van der Waals surface area contributed by atoms with Gasteiger partial charge in [0.15, 0.2) is 0 Å². The summed E-state index contributed by atoms with van der Waals surface area (Å²) in [4.78, 5) is 24.1. The standard InChI is InChI=1S/C19H20ClN3O5S/c1-13(24)21-17-6-5-15(20)12-18(17)22-19(25)14-3-2-4-16(11-14)29(26,27)23-7-9-28-10-8-23/h2-6,11-12H,7-10H2,1H3,(H,21,24)(H,22,25). The van der Waals surface area contributed by atoms with Gasteiger partial charge in [0.05, 0.1) is 29.5 Å². The number of amides is 2. The van der Waals surface area contributed by atoms with E-state index in [0.29, 0.717) is 29.6 Å². The van der Waals surface area contributed by atoms with Crippen LogP contribution in [-0.4, -0.2) is 50.8 Å². The van der Waals surface area contributed by atoms with Crippen LogP contribution in [0, 0.1) is 0 Å². The van der Waals surface area contributed by atoms with Gasteiger partial charge in [-0.25, -0.2) is 8.42 Å². The maximum atomic E-state index is 12.8. The van der Waals surface area contributed by atoms with E-state index in [0.717, 1.165) is 0 Å². The Labute approximate surface area is 173 Å². The maximum Gasteiger partial charge on any atom is 0.255 e. The number of rotatable bonds is 5. The van der Waals surface area contributed by atoms with Crippen molar-refractivity contribution in [2.75, 3.05) is 36.9 Å². The lowest BCUT2D eigenvalue weighted by Crippen LogP contribution is -2.40. The number of morpholine rings is 1. The SMILES string of the molecule is CC(=O)Nc1ccc(Cl)cc1NC(=O)c1cccc(S(=O)(=O)N2CCOCC2)c1. The number of ether oxygens (including phenoxy) is 1. The van der Waals surface area contributed by atoms with Crippen molar-refractivity contribution in [3.05, 3.63) is 53.1 Å². The number of sulfonamides is 1. The molecule has 0 saturated carbocycles. The van der Waals surface area contributed by atoms with E-state index in [2.05, 4.69) is 10.6 Å². The third-order valence-corrected chi connectivity index (χ3v) is 6.37. The lowest BCUT2D eigenvalue weighted by Gasteiger charge is -2.26. The van der Waals surface area contributed by atoms with Crippen molar-refractivity contribution in [3.63, 3.8) is 0 Å². The first kappa shape index (κ1) is 21.3. The lowest BCUT2D eigenvalue weighted by atomic mass is 10.2. The summed E-state index contributed by atoms with van der Waals surface area (Å²) in [5.74, 6) is -0.834. The monoisotopic (exact) mass is 437 g/mol. The smallest absolute Gasteiger partial charge is 0.255 e. The second-order valence-corrected chi connectivity index (χ2v) is 8.74. The van der Waals surface area contributed by atoms with Gasteiger partial charge in [0.1, 0.15) is 0 Å². The fraction of sp³-hybridized carbons (Fsp3) is 0.263. The molecule has 154 valence electrons. The van der Waals surface area contributed by atoms with Crippen LogP contribution < -0.4 is 10.6 Å². The third-order valence-electron chi connectivity index (χ3n) is 4.24. The van der Waals surface area contributed by atoms with Gasteiger partial charge in [-0.1, -0.05) is 17.7 Å². The van der Waals surface area contributed by atoms with E-state index < -0.39 is 15.9 Å². The number of hydrogen-bond acceptors (Lipinski definition) is 5. The average Bonchev–Trinajstić information content (AvgIpc) is 2.70.